The Morgan fingerprint density at radius 1 is 0.887 bits per heavy atom. The number of carbonyl (C=O) groups is 2. The molecule has 1 aromatic carbocycles. The van der Waals surface area contributed by atoms with Gasteiger partial charge in [-0.3, -0.25) is 4.79 Å². The van der Waals surface area contributed by atoms with Crippen LogP contribution in [0.4, 0.5) is 5.13 Å². The van der Waals surface area contributed by atoms with Crippen LogP contribution < -0.4 is 5.32 Å². The van der Waals surface area contributed by atoms with Crippen LogP contribution in [-0.2, 0) is 4.79 Å². The summed E-state index contributed by atoms with van der Waals surface area (Å²) in [6, 6.07) is 7.53. The van der Waals surface area contributed by atoms with E-state index in [4.69, 9.17) is 0 Å². The van der Waals surface area contributed by atoms with Crippen LogP contribution in [0, 0.1) is 97.2 Å². The maximum absolute atomic E-state index is 13.9. The van der Waals surface area contributed by atoms with Gasteiger partial charge in [0.05, 0.1) is 11.0 Å². The van der Waals surface area contributed by atoms with Crippen molar-refractivity contribution in [3.05, 3.63) is 65.2 Å². The zero-order chi connectivity index (χ0) is 40.1. The Labute approximate surface area is 326 Å². The van der Waals surface area contributed by atoms with Crippen LogP contribution in [-0.4, -0.2) is 22.0 Å². The van der Waals surface area contributed by atoms with Gasteiger partial charge in [0.15, 0.2) is 5.13 Å². The minimum atomic E-state index is -0.868. The van der Waals surface area contributed by atoms with E-state index in [1.807, 2.05) is 46.0 Å². The molecule has 6 heteroatoms. The number of carbonyl (C=O) groups excluding carboxylic acids is 1. The Kier molecular flexibility index (Phi) is 16.9. The fourth-order valence-electron chi connectivity index (χ4n) is 11.5. The number of terminal acetylenes is 3. The number of allylic oxidation sites excluding steroid dienone is 3. The summed E-state index contributed by atoms with van der Waals surface area (Å²) in [4.78, 5) is 30.9. The molecule has 8 atom stereocenters. The highest BCUT2D eigenvalue weighted by Gasteiger charge is 2.63. The van der Waals surface area contributed by atoms with Gasteiger partial charge < -0.3 is 10.4 Å². The number of rotatable bonds is 4. The van der Waals surface area contributed by atoms with Crippen molar-refractivity contribution in [1.29, 1.82) is 0 Å². The first-order chi connectivity index (χ1) is 25.5. The zero-order valence-electron chi connectivity index (χ0n) is 33.4. The van der Waals surface area contributed by atoms with Crippen molar-refractivity contribution in [2.75, 3.05) is 5.32 Å². The number of aromatic carboxylic acids is 1. The maximum atomic E-state index is 13.9. The minimum absolute atomic E-state index is 0.0407. The van der Waals surface area contributed by atoms with Crippen LogP contribution >= 0.6 is 11.3 Å². The van der Waals surface area contributed by atoms with Gasteiger partial charge in [0.25, 0.3) is 0 Å². The molecule has 5 nitrogen and oxygen atoms in total. The number of carboxylic acid groups (broad SMARTS) is 1. The van der Waals surface area contributed by atoms with Crippen molar-refractivity contribution in [2.24, 2.45) is 51.8 Å². The van der Waals surface area contributed by atoms with Gasteiger partial charge in [0.1, 0.15) is 0 Å². The lowest BCUT2D eigenvalue weighted by Gasteiger charge is -2.64. The topological polar surface area (TPSA) is 79.3 Å². The van der Waals surface area contributed by atoms with E-state index in [9.17, 15) is 14.7 Å². The van der Waals surface area contributed by atoms with Crippen molar-refractivity contribution in [1.82, 2.24) is 4.98 Å². The molecule has 0 aliphatic heterocycles. The number of benzene rings is 1. The molecule has 1 aromatic heterocycles. The van der Waals surface area contributed by atoms with Crippen LogP contribution in [0.15, 0.2) is 49.2 Å². The van der Waals surface area contributed by atoms with E-state index in [-0.39, 0.29) is 22.2 Å². The normalized spacial score (nSPS) is 30.8. The van der Waals surface area contributed by atoms with Gasteiger partial charge in [-0.1, -0.05) is 65.3 Å². The molecule has 1 amide bonds. The second kappa shape index (κ2) is 19.9. The van der Waals surface area contributed by atoms with Crippen molar-refractivity contribution in [3.8, 4) is 38.5 Å². The molecule has 0 spiro atoms. The van der Waals surface area contributed by atoms with Crippen LogP contribution in [0.1, 0.15) is 127 Å². The van der Waals surface area contributed by atoms with Gasteiger partial charge in [-0.2, -0.15) is 0 Å². The van der Waals surface area contributed by atoms with Gasteiger partial charge in [0, 0.05) is 11.1 Å². The molecule has 4 saturated carbocycles. The molecule has 4 fully saturated rings. The molecule has 1 heterocycles. The lowest BCUT2D eigenvalue weighted by molar-refractivity contribution is -0.147. The summed E-state index contributed by atoms with van der Waals surface area (Å²) < 4.78 is 0. The summed E-state index contributed by atoms with van der Waals surface area (Å²) in [7, 11) is 0. The third-order valence-electron chi connectivity index (χ3n) is 13.2. The SMILES string of the molecule is C#C.C#C.C#C.C=CC.CC.Cc1cnc(NC(=O)[C@]23CCCC2C2CCC4C(CCC5C(C)(C)C(c6ccc(C(=O)O)cc6)=CC[C@]45C)C2CC3)s1. The van der Waals surface area contributed by atoms with Crippen LogP contribution in [0.2, 0.25) is 0 Å². The molecule has 7 rings (SSSR count). The summed E-state index contributed by atoms with van der Waals surface area (Å²) in [5.74, 6) is 3.47. The van der Waals surface area contributed by atoms with Crippen molar-refractivity contribution >= 4 is 33.9 Å². The number of carboxylic acids is 1. The molecule has 5 aliphatic carbocycles. The molecule has 6 unspecified atom stereocenters. The highest BCUT2D eigenvalue weighted by molar-refractivity contribution is 7.15. The van der Waals surface area contributed by atoms with E-state index in [0.717, 1.165) is 47.0 Å². The standard InChI is InChI=1S/C36H46N2O3S.C3H6.C2H6.3C2H2/c1-21-20-37-33(42-21)38-32(41)36-17-5-6-29(36)26-11-13-28-25(24(26)15-19-36)12-14-30-34(2,3)27(16-18-35(28,30)4)22-7-9-23(10-8-22)31(39)40;1-3-2;4*1-2/h7-10,16,20,24-26,28-30H,5-6,11-15,17-19H2,1-4H3,(H,39,40)(H,37,38,41);3H,1H2,2H3;1-2H3;3*1-2H/t24?,25?,26?,28?,29?,30?,35-,36+;;;;;/m1...../s1. The van der Waals surface area contributed by atoms with Crippen molar-refractivity contribution in [2.45, 2.75) is 113 Å². The maximum Gasteiger partial charge on any atom is 0.335 e. The fourth-order valence-corrected chi connectivity index (χ4v) is 12.2. The van der Waals surface area contributed by atoms with E-state index >= 15 is 0 Å². The van der Waals surface area contributed by atoms with Gasteiger partial charge in [-0.05, 0) is 141 Å². The van der Waals surface area contributed by atoms with Gasteiger partial charge >= 0.3 is 5.97 Å². The number of amides is 1. The Balaban J connectivity index is 0.000000807. The number of hydrogen-bond donors (Lipinski definition) is 2. The van der Waals surface area contributed by atoms with E-state index in [2.05, 4.69) is 82.3 Å². The molecular formula is C47H64N2O3S. The van der Waals surface area contributed by atoms with E-state index in [0.29, 0.717) is 23.3 Å². The van der Waals surface area contributed by atoms with Crippen molar-refractivity contribution in [3.63, 3.8) is 0 Å². The third kappa shape index (κ3) is 8.69. The first-order valence-electron chi connectivity index (χ1n) is 19.3. The number of fused-ring (bicyclic) bond motifs is 7. The highest BCUT2D eigenvalue weighted by atomic mass is 32.1. The minimum Gasteiger partial charge on any atom is -0.478 e. The third-order valence-corrected chi connectivity index (χ3v) is 14.0. The lowest BCUT2D eigenvalue weighted by atomic mass is 9.40. The van der Waals surface area contributed by atoms with E-state index in [1.165, 1.54) is 56.1 Å². The number of hydrogen-bond acceptors (Lipinski definition) is 4. The van der Waals surface area contributed by atoms with Gasteiger partial charge in [-0.15, -0.1) is 56.5 Å². The average Bonchev–Trinajstić information content (AvgIpc) is 3.81. The molecule has 286 valence electrons. The average molecular weight is 737 g/mol. The quantitative estimate of drug-likeness (QED) is 0.242. The number of anilines is 1. The zero-order valence-corrected chi connectivity index (χ0v) is 34.2. The molecule has 53 heavy (non-hydrogen) atoms. The lowest BCUT2D eigenvalue weighted by Crippen LogP contribution is -2.57. The highest BCUT2D eigenvalue weighted by Crippen LogP contribution is 2.69. The van der Waals surface area contributed by atoms with Crippen LogP contribution in [0.5, 0.6) is 0 Å². The summed E-state index contributed by atoms with van der Waals surface area (Å²) in [6.07, 6.45) is 42.1. The Bertz CT molecular complexity index is 1600. The first kappa shape index (κ1) is 45.1. The number of nitrogens with zero attached hydrogens (tertiary/aromatic N) is 1. The smallest absolute Gasteiger partial charge is 0.335 e. The fraction of sp³-hybridized carbons (Fsp3) is 0.553. The summed E-state index contributed by atoms with van der Waals surface area (Å²) >= 11 is 1.59. The first-order valence-corrected chi connectivity index (χ1v) is 20.1. The monoisotopic (exact) mass is 736 g/mol. The Morgan fingerprint density at radius 2 is 1.47 bits per heavy atom. The second-order valence-electron chi connectivity index (χ2n) is 15.6. The van der Waals surface area contributed by atoms with Crippen LogP contribution in [0.25, 0.3) is 5.57 Å². The van der Waals surface area contributed by atoms with Gasteiger partial charge in [0.2, 0.25) is 5.91 Å². The largest absolute Gasteiger partial charge is 0.478 e. The van der Waals surface area contributed by atoms with Crippen molar-refractivity contribution < 1.29 is 14.7 Å². The van der Waals surface area contributed by atoms with E-state index in [1.54, 1.807) is 29.5 Å². The van der Waals surface area contributed by atoms with Gasteiger partial charge in [-0.25, -0.2) is 9.78 Å². The molecule has 0 bridgehead atoms. The summed E-state index contributed by atoms with van der Waals surface area (Å²) in [5, 5.41) is 13.4. The number of nitrogens with one attached hydrogen (secondary N) is 1. The Hall–Kier alpha value is -4.05. The molecule has 2 aromatic rings. The number of aromatic nitrogens is 1. The van der Waals surface area contributed by atoms with E-state index < -0.39 is 5.97 Å². The summed E-state index contributed by atoms with van der Waals surface area (Å²) in [5.41, 5.74) is 3.04. The number of aryl methyl sites for hydroxylation is 1. The number of thiazole rings is 1. The molecule has 0 radical (unpaired) electrons. The predicted octanol–water partition coefficient (Wildman–Crippen LogP) is 11.8. The van der Waals surface area contributed by atoms with Crippen LogP contribution in [0.3, 0.4) is 0 Å². The Morgan fingerprint density at radius 3 is 2.04 bits per heavy atom. The predicted molar refractivity (Wildman–Crippen MR) is 225 cm³/mol. The molecule has 5 aliphatic rings. The second-order valence-corrected chi connectivity index (χ2v) is 16.8. The molecular weight excluding hydrogens is 673 g/mol. The molecule has 0 saturated heterocycles. The molecule has 2 N–H and O–H groups in total. The summed E-state index contributed by atoms with van der Waals surface area (Å²) in [6.45, 7) is 18.8.